The van der Waals surface area contributed by atoms with Gasteiger partial charge in [-0.2, -0.15) is 13.2 Å². The SMILES string of the molecule is Cc1sc2ncnc(Oc3cccc(C(F)(F)F)c3)c2c1-c1ccccc1. The van der Waals surface area contributed by atoms with E-state index in [0.29, 0.717) is 5.39 Å². The van der Waals surface area contributed by atoms with E-state index < -0.39 is 11.7 Å². The van der Waals surface area contributed by atoms with Crippen molar-refractivity contribution in [2.24, 2.45) is 0 Å². The lowest BCUT2D eigenvalue weighted by Crippen LogP contribution is -2.04. The second kappa shape index (κ2) is 6.66. The zero-order valence-corrected chi connectivity index (χ0v) is 14.9. The molecule has 0 atom stereocenters. The molecule has 0 aliphatic rings. The fraction of sp³-hybridized carbons (Fsp3) is 0.100. The van der Waals surface area contributed by atoms with Crippen molar-refractivity contribution in [2.75, 3.05) is 0 Å². The van der Waals surface area contributed by atoms with Crippen LogP contribution in [0.2, 0.25) is 0 Å². The maximum absolute atomic E-state index is 13.0. The number of halogens is 3. The Labute approximate surface area is 157 Å². The molecule has 4 aromatic rings. The molecule has 136 valence electrons. The number of nitrogens with zero attached hydrogens (tertiary/aromatic N) is 2. The summed E-state index contributed by atoms with van der Waals surface area (Å²) in [6.07, 6.45) is -3.08. The van der Waals surface area contributed by atoms with E-state index in [9.17, 15) is 13.2 Å². The molecule has 3 nitrogen and oxygen atoms in total. The van der Waals surface area contributed by atoms with Crippen LogP contribution in [-0.2, 0) is 6.18 Å². The number of rotatable bonds is 3. The number of hydrogen-bond donors (Lipinski definition) is 0. The van der Waals surface area contributed by atoms with Gasteiger partial charge in [-0.1, -0.05) is 36.4 Å². The highest BCUT2D eigenvalue weighted by atomic mass is 32.1. The Kier molecular flexibility index (Phi) is 4.31. The fourth-order valence-electron chi connectivity index (χ4n) is 2.89. The van der Waals surface area contributed by atoms with Crippen LogP contribution in [0, 0.1) is 6.92 Å². The van der Waals surface area contributed by atoms with Crippen molar-refractivity contribution in [3.63, 3.8) is 0 Å². The molecular weight excluding hydrogens is 373 g/mol. The summed E-state index contributed by atoms with van der Waals surface area (Å²) in [7, 11) is 0. The summed E-state index contributed by atoms with van der Waals surface area (Å²) in [5, 5.41) is 0.698. The highest BCUT2D eigenvalue weighted by molar-refractivity contribution is 7.19. The summed E-state index contributed by atoms with van der Waals surface area (Å²) in [4.78, 5) is 10.2. The Morgan fingerprint density at radius 3 is 2.48 bits per heavy atom. The number of benzene rings is 2. The zero-order chi connectivity index (χ0) is 19.0. The minimum atomic E-state index is -4.44. The molecule has 0 fully saturated rings. The number of thiophene rings is 1. The van der Waals surface area contributed by atoms with Crippen LogP contribution in [0.1, 0.15) is 10.4 Å². The molecule has 0 bridgehead atoms. The molecular formula is C20H13F3N2OS. The van der Waals surface area contributed by atoms with Crippen LogP contribution in [-0.4, -0.2) is 9.97 Å². The molecule has 0 saturated heterocycles. The van der Waals surface area contributed by atoms with Gasteiger partial charge in [0.25, 0.3) is 0 Å². The first-order valence-electron chi connectivity index (χ1n) is 8.08. The predicted molar refractivity (Wildman–Crippen MR) is 99.1 cm³/mol. The molecule has 0 aliphatic heterocycles. The highest BCUT2D eigenvalue weighted by Gasteiger charge is 2.30. The van der Waals surface area contributed by atoms with Crippen molar-refractivity contribution < 1.29 is 17.9 Å². The van der Waals surface area contributed by atoms with E-state index in [0.717, 1.165) is 33.0 Å². The molecule has 4 rings (SSSR count). The second-order valence-corrected chi connectivity index (χ2v) is 7.09. The van der Waals surface area contributed by atoms with Gasteiger partial charge in [0.05, 0.1) is 10.9 Å². The van der Waals surface area contributed by atoms with Crippen LogP contribution >= 0.6 is 11.3 Å². The van der Waals surface area contributed by atoms with E-state index in [-0.39, 0.29) is 11.6 Å². The molecule has 0 amide bonds. The lowest BCUT2D eigenvalue weighted by Gasteiger charge is -2.11. The minimum absolute atomic E-state index is 0.0766. The van der Waals surface area contributed by atoms with Gasteiger partial charge >= 0.3 is 6.18 Å². The van der Waals surface area contributed by atoms with Crippen LogP contribution in [0.4, 0.5) is 13.2 Å². The highest BCUT2D eigenvalue weighted by Crippen LogP contribution is 2.42. The lowest BCUT2D eigenvalue weighted by atomic mass is 10.0. The Morgan fingerprint density at radius 1 is 0.963 bits per heavy atom. The predicted octanol–water partition coefficient (Wildman–Crippen LogP) is 6.48. The summed E-state index contributed by atoms with van der Waals surface area (Å²) in [5.41, 5.74) is 1.14. The van der Waals surface area contributed by atoms with Gasteiger partial charge in [0.15, 0.2) is 0 Å². The number of ether oxygens (including phenoxy) is 1. The molecule has 0 unspecified atom stereocenters. The molecule has 0 saturated carbocycles. The standard InChI is InChI=1S/C20H13F3N2OS/c1-12-16(13-6-3-2-4-7-13)17-18(24-11-25-19(17)27-12)26-15-9-5-8-14(10-15)20(21,22)23/h2-11H,1H3. The first-order chi connectivity index (χ1) is 12.9. The van der Waals surface area contributed by atoms with Crippen molar-refractivity contribution in [3.05, 3.63) is 71.4 Å². The van der Waals surface area contributed by atoms with Crippen LogP contribution in [0.15, 0.2) is 60.9 Å². The Balaban J connectivity index is 1.84. The van der Waals surface area contributed by atoms with Crippen LogP contribution in [0.25, 0.3) is 21.3 Å². The number of fused-ring (bicyclic) bond motifs is 1. The van der Waals surface area contributed by atoms with E-state index in [1.807, 2.05) is 37.3 Å². The fourth-order valence-corrected chi connectivity index (χ4v) is 3.90. The van der Waals surface area contributed by atoms with Crippen LogP contribution < -0.4 is 4.74 Å². The Bertz CT molecular complexity index is 1110. The summed E-state index contributed by atoms with van der Waals surface area (Å²) < 4.78 is 44.7. The van der Waals surface area contributed by atoms with E-state index in [1.54, 1.807) is 0 Å². The number of aromatic nitrogens is 2. The van der Waals surface area contributed by atoms with E-state index in [1.165, 1.54) is 29.8 Å². The third-order valence-corrected chi connectivity index (χ3v) is 5.08. The van der Waals surface area contributed by atoms with Crippen molar-refractivity contribution in [2.45, 2.75) is 13.1 Å². The van der Waals surface area contributed by atoms with Gasteiger partial charge in [0, 0.05) is 10.4 Å². The molecule has 2 heterocycles. The Morgan fingerprint density at radius 2 is 1.74 bits per heavy atom. The first-order valence-corrected chi connectivity index (χ1v) is 8.90. The average molecular weight is 386 g/mol. The zero-order valence-electron chi connectivity index (χ0n) is 14.1. The molecule has 2 aromatic heterocycles. The van der Waals surface area contributed by atoms with E-state index in [2.05, 4.69) is 9.97 Å². The van der Waals surface area contributed by atoms with Gasteiger partial charge < -0.3 is 4.74 Å². The topological polar surface area (TPSA) is 35.0 Å². The smallest absolute Gasteiger partial charge is 0.416 e. The third-order valence-electron chi connectivity index (χ3n) is 4.07. The maximum Gasteiger partial charge on any atom is 0.416 e. The van der Waals surface area contributed by atoms with Gasteiger partial charge in [-0.15, -0.1) is 11.3 Å². The first kappa shape index (κ1) is 17.5. The summed E-state index contributed by atoms with van der Waals surface area (Å²) >= 11 is 1.49. The van der Waals surface area contributed by atoms with Crippen molar-refractivity contribution >= 4 is 21.6 Å². The summed E-state index contributed by atoms with van der Waals surface area (Å²) in [6, 6.07) is 14.5. The van der Waals surface area contributed by atoms with Gasteiger partial charge in [-0.05, 0) is 30.7 Å². The number of alkyl halides is 3. The molecule has 2 aromatic carbocycles. The van der Waals surface area contributed by atoms with Gasteiger partial charge in [0.1, 0.15) is 16.9 Å². The van der Waals surface area contributed by atoms with E-state index >= 15 is 0 Å². The van der Waals surface area contributed by atoms with Crippen molar-refractivity contribution in [3.8, 4) is 22.8 Å². The average Bonchev–Trinajstić information content (AvgIpc) is 2.99. The largest absolute Gasteiger partial charge is 0.438 e. The van der Waals surface area contributed by atoms with Crippen LogP contribution in [0.5, 0.6) is 11.6 Å². The third kappa shape index (κ3) is 3.38. The van der Waals surface area contributed by atoms with Gasteiger partial charge in [-0.3, -0.25) is 0 Å². The molecule has 0 spiro atoms. The van der Waals surface area contributed by atoms with Crippen molar-refractivity contribution in [1.82, 2.24) is 9.97 Å². The number of hydrogen-bond acceptors (Lipinski definition) is 4. The molecule has 27 heavy (non-hydrogen) atoms. The van der Waals surface area contributed by atoms with Crippen molar-refractivity contribution in [1.29, 1.82) is 0 Å². The molecule has 0 N–H and O–H groups in total. The van der Waals surface area contributed by atoms with Gasteiger partial charge in [-0.25, -0.2) is 9.97 Å². The molecule has 0 aliphatic carbocycles. The molecule has 7 heteroatoms. The monoisotopic (exact) mass is 386 g/mol. The minimum Gasteiger partial charge on any atom is -0.438 e. The number of aryl methyl sites for hydroxylation is 1. The quantitative estimate of drug-likeness (QED) is 0.404. The van der Waals surface area contributed by atoms with E-state index in [4.69, 9.17) is 4.74 Å². The molecule has 0 radical (unpaired) electrons. The second-order valence-electron chi connectivity index (χ2n) is 5.89. The Hall–Kier alpha value is -2.93. The maximum atomic E-state index is 13.0. The van der Waals surface area contributed by atoms with Gasteiger partial charge in [0.2, 0.25) is 5.88 Å². The summed E-state index contributed by atoms with van der Waals surface area (Å²) in [6.45, 7) is 1.97. The normalized spacial score (nSPS) is 11.7. The lowest BCUT2D eigenvalue weighted by molar-refractivity contribution is -0.137. The van der Waals surface area contributed by atoms with Crippen LogP contribution in [0.3, 0.4) is 0 Å². The summed E-state index contributed by atoms with van der Waals surface area (Å²) in [5.74, 6) is 0.315.